The van der Waals surface area contributed by atoms with Crippen molar-refractivity contribution in [3.05, 3.63) is 35.9 Å². The molecule has 0 fully saturated rings. The third-order valence-electron chi connectivity index (χ3n) is 2.90. The molecular weight excluding hydrogens is 252 g/mol. The van der Waals surface area contributed by atoms with Crippen LogP contribution >= 0.6 is 0 Å². The lowest BCUT2D eigenvalue weighted by Crippen LogP contribution is -2.07. The van der Waals surface area contributed by atoms with Crippen LogP contribution in [0.5, 0.6) is 11.6 Å². The molecule has 0 bridgehead atoms. The van der Waals surface area contributed by atoms with Crippen LogP contribution in [0.4, 0.5) is 5.82 Å². The minimum absolute atomic E-state index is 0.590. The Bertz CT molecular complexity index is 554. The molecule has 1 N–H and O–H groups in total. The first kappa shape index (κ1) is 14.2. The van der Waals surface area contributed by atoms with Crippen molar-refractivity contribution < 1.29 is 4.74 Å². The van der Waals surface area contributed by atoms with Crippen LogP contribution in [-0.4, -0.2) is 21.5 Å². The Balaban J connectivity index is 2.24. The first-order valence-corrected chi connectivity index (χ1v) is 6.92. The quantitative estimate of drug-likeness (QED) is 0.873. The van der Waals surface area contributed by atoms with Crippen LogP contribution < -0.4 is 10.1 Å². The van der Waals surface area contributed by atoms with Crippen molar-refractivity contribution in [2.45, 2.75) is 33.6 Å². The van der Waals surface area contributed by atoms with Gasteiger partial charge < -0.3 is 10.1 Å². The molecule has 2 aromatic rings. The summed E-state index contributed by atoms with van der Waals surface area (Å²) >= 11 is 0. The summed E-state index contributed by atoms with van der Waals surface area (Å²) in [5, 5.41) is 3.30. The molecule has 5 heteroatoms. The summed E-state index contributed by atoms with van der Waals surface area (Å²) in [6, 6.07) is 3.81. The van der Waals surface area contributed by atoms with Crippen molar-refractivity contribution in [1.82, 2.24) is 15.0 Å². The lowest BCUT2D eigenvalue weighted by molar-refractivity contribution is 0.453. The highest BCUT2D eigenvalue weighted by Gasteiger charge is 2.11. The number of hydrogen-bond donors (Lipinski definition) is 1. The highest BCUT2D eigenvalue weighted by molar-refractivity contribution is 5.49. The van der Waals surface area contributed by atoms with E-state index in [0.29, 0.717) is 11.6 Å². The van der Waals surface area contributed by atoms with Gasteiger partial charge in [0.05, 0.1) is 11.8 Å². The zero-order valence-corrected chi connectivity index (χ0v) is 12.2. The van der Waals surface area contributed by atoms with Crippen LogP contribution in [0.3, 0.4) is 0 Å². The van der Waals surface area contributed by atoms with Gasteiger partial charge >= 0.3 is 0 Å². The molecule has 2 aromatic heterocycles. The third-order valence-corrected chi connectivity index (χ3v) is 2.90. The molecule has 2 rings (SSSR count). The molecule has 0 spiro atoms. The summed E-state index contributed by atoms with van der Waals surface area (Å²) in [7, 11) is 0. The Morgan fingerprint density at radius 1 is 1.15 bits per heavy atom. The standard InChI is InChI=1S/C15H20N4O/c1-4-8-16-14-13(5-2)15(19-10-18-14)20-12-7-6-11(3)17-9-12/h6-7,9-10H,4-5,8H2,1-3H3,(H,16,18,19). The monoisotopic (exact) mass is 272 g/mol. The number of nitrogens with zero attached hydrogens (tertiary/aromatic N) is 3. The van der Waals surface area contributed by atoms with Gasteiger partial charge in [0.15, 0.2) is 0 Å². The van der Waals surface area contributed by atoms with Crippen LogP contribution in [0.2, 0.25) is 0 Å². The van der Waals surface area contributed by atoms with Gasteiger partial charge in [-0.25, -0.2) is 9.97 Å². The average molecular weight is 272 g/mol. The lowest BCUT2D eigenvalue weighted by Gasteiger charge is -2.13. The number of rotatable bonds is 6. The van der Waals surface area contributed by atoms with Crippen LogP contribution in [0.15, 0.2) is 24.7 Å². The maximum Gasteiger partial charge on any atom is 0.227 e. The number of nitrogens with one attached hydrogen (secondary N) is 1. The molecule has 0 amide bonds. The first-order valence-electron chi connectivity index (χ1n) is 6.92. The number of hydrogen-bond acceptors (Lipinski definition) is 5. The number of aryl methyl sites for hydroxylation is 1. The predicted molar refractivity (Wildman–Crippen MR) is 79.2 cm³/mol. The minimum Gasteiger partial charge on any atom is -0.437 e. The molecule has 0 aliphatic rings. The van der Waals surface area contributed by atoms with Crippen molar-refractivity contribution >= 4 is 5.82 Å². The molecule has 0 saturated heterocycles. The van der Waals surface area contributed by atoms with Crippen molar-refractivity contribution in [1.29, 1.82) is 0 Å². The molecule has 5 nitrogen and oxygen atoms in total. The van der Waals surface area contributed by atoms with Gasteiger partial charge in [0.25, 0.3) is 0 Å². The second-order valence-corrected chi connectivity index (χ2v) is 4.52. The Morgan fingerprint density at radius 2 is 2.00 bits per heavy atom. The van der Waals surface area contributed by atoms with E-state index >= 15 is 0 Å². The van der Waals surface area contributed by atoms with Gasteiger partial charge in [-0.3, -0.25) is 4.98 Å². The van der Waals surface area contributed by atoms with E-state index in [9.17, 15) is 0 Å². The average Bonchev–Trinajstić information content (AvgIpc) is 2.47. The molecule has 0 aliphatic heterocycles. The fraction of sp³-hybridized carbons (Fsp3) is 0.400. The lowest BCUT2D eigenvalue weighted by atomic mass is 10.2. The normalized spacial score (nSPS) is 10.3. The van der Waals surface area contributed by atoms with E-state index < -0.39 is 0 Å². The Labute approximate surface area is 119 Å². The second-order valence-electron chi connectivity index (χ2n) is 4.52. The van der Waals surface area contributed by atoms with Gasteiger partial charge in [-0.2, -0.15) is 0 Å². The van der Waals surface area contributed by atoms with Crippen LogP contribution in [0, 0.1) is 6.92 Å². The highest BCUT2D eigenvalue weighted by atomic mass is 16.5. The molecule has 2 heterocycles. The number of ether oxygens (including phenoxy) is 1. The van der Waals surface area contributed by atoms with Crippen molar-refractivity contribution in [2.24, 2.45) is 0 Å². The smallest absolute Gasteiger partial charge is 0.227 e. The highest BCUT2D eigenvalue weighted by Crippen LogP contribution is 2.27. The first-order chi connectivity index (χ1) is 9.74. The van der Waals surface area contributed by atoms with E-state index in [-0.39, 0.29) is 0 Å². The molecule has 0 unspecified atom stereocenters. The topological polar surface area (TPSA) is 59.9 Å². The fourth-order valence-electron chi connectivity index (χ4n) is 1.82. The van der Waals surface area contributed by atoms with E-state index in [1.807, 2.05) is 19.1 Å². The summed E-state index contributed by atoms with van der Waals surface area (Å²) < 4.78 is 5.82. The molecule has 0 saturated carbocycles. The van der Waals surface area contributed by atoms with E-state index in [4.69, 9.17) is 4.74 Å². The van der Waals surface area contributed by atoms with Crippen LogP contribution in [0.25, 0.3) is 0 Å². The van der Waals surface area contributed by atoms with Crippen LogP contribution in [0.1, 0.15) is 31.5 Å². The molecule has 0 radical (unpaired) electrons. The molecule has 0 aliphatic carbocycles. The van der Waals surface area contributed by atoms with Gasteiger partial charge in [-0.05, 0) is 31.9 Å². The summed E-state index contributed by atoms with van der Waals surface area (Å²) in [6.07, 6.45) is 5.08. The summed E-state index contributed by atoms with van der Waals surface area (Å²) in [5.74, 6) is 2.12. The van der Waals surface area contributed by atoms with Crippen molar-refractivity contribution in [3.63, 3.8) is 0 Å². The van der Waals surface area contributed by atoms with E-state index in [1.54, 1.807) is 6.20 Å². The maximum absolute atomic E-state index is 5.82. The predicted octanol–water partition coefficient (Wildman–Crippen LogP) is 3.36. The molecule has 0 aromatic carbocycles. The zero-order valence-electron chi connectivity index (χ0n) is 12.2. The van der Waals surface area contributed by atoms with Crippen molar-refractivity contribution in [2.75, 3.05) is 11.9 Å². The molecular formula is C15H20N4O. The van der Waals surface area contributed by atoms with Crippen molar-refractivity contribution in [3.8, 4) is 11.6 Å². The third kappa shape index (κ3) is 3.44. The van der Waals surface area contributed by atoms with E-state index in [1.165, 1.54) is 6.33 Å². The van der Waals surface area contributed by atoms with Gasteiger partial charge in [-0.1, -0.05) is 13.8 Å². The Morgan fingerprint density at radius 3 is 2.65 bits per heavy atom. The van der Waals surface area contributed by atoms with Crippen LogP contribution in [-0.2, 0) is 6.42 Å². The summed E-state index contributed by atoms with van der Waals surface area (Å²) in [4.78, 5) is 12.7. The minimum atomic E-state index is 0.590. The molecule has 20 heavy (non-hydrogen) atoms. The van der Waals surface area contributed by atoms with E-state index in [2.05, 4.69) is 34.1 Å². The zero-order chi connectivity index (χ0) is 14.4. The largest absolute Gasteiger partial charge is 0.437 e. The summed E-state index contributed by atoms with van der Waals surface area (Å²) in [6.45, 7) is 7.01. The Hall–Kier alpha value is -2.17. The molecule has 0 atom stereocenters. The van der Waals surface area contributed by atoms with Gasteiger partial charge in [0.1, 0.15) is 17.9 Å². The van der Waals surface area contributed by atoms with Gasteiger partial charge in [-0.15, -0.1) is 0 Å². The number of aromatic nitrogens is 3. The van der Waals surface area contributed by atoms with Gasteiger partial charge in [0.2, 0.25) is 5.88 Å². The fourth-order valence-corrected chi connectivity index (χ4v) is 1.82. The Kier molecular flexibility index (Phi) is 4.87. The maximum atomic E-state index is 5.82. The summed E-state index contributed by atoms with van der Waals surface area (Å²) in [5.41, 5.74) is 1.95. The second kappa shape index (κ2) is 6.84. The van der Waals surface area contributed by atoms with Gasteiger partial charge in [0, 0.05) is 12.2 Å². The SMILES string of the molecule is CCCNc1ncnc(Oc2ccc(C)nc2)c1CC. The molecule has 106 valence electrons. The number of pyridine rings is 1. The van der Waals surface area contributed by atoms with E-state index in [0.717, 1.165) is 36.5 Å². The number of anilines is 1.